The number of hydrogen-bond acceptors (Lipinski definition) is 8. The van der Waals surface area contributed by atoms with Crippen LogP contribution in [-0.2, 0) is 19.1 Å². The van der Waals surface area contributed by atoms with Gasteiger partial charge >= 0.3 is 12.0 Å². The van der Waals surface area contributed by atoms with Gasteiger partial charge in [-0.05, 0) is 79.2 Å². The molecule has 2 N–H and O–H groups in total. The summed E-state index contributed by atoms with van der Waals surface area (Å²) in [7, 11) is 1.23. The second kappa shape index (κ2) is 12.8. The number of carbonyl (C=O) groups is 5. The number of methoxy groups -OCH3 is 1. The van der Waals surface area contributed by atoms with Gasteiger partial charge < -0.3 is 19.5 Å². The van der Waals surface area contributed by atoms with E-state index in [0.717, 1.165) is 4.90 Å². The van der Waals surface area contributed by atoms with Gasteiger partial charge in [-0.25, -0.2) is 14.5 Å². The Kier molecular flexibility index (Phi) is 9.00. The van der Waals surface area contributed by atoms with Crippen LogP contribution >= 0.6 is 11.6 Å². The van der Waals surface area contributed by atoms with Crippen molar-refractivity contribution < 1.29 is 38.2 Å². The molecule has 0 bridgehead atoms. The van der Waals surface area contributed by atoms with Crippen LogP contribution in [0.4, 0.5) is 16.2 Å². The number of ether oxygens (including phenoxy) is 3. The molecule has 0 saturated carbocycles. The Hall–Kier alpha value is -5.16. The number of barbiturate groups is 1. The predicted octanol–water partition coefficient (Wildman–Crippen LogP) is 4.21. The van der Waals surface area contributed by atoms with E-state index < -0.39 is 29.7 Å². The fourth-order valence-corrected chi connectivity index (χ4v) is 3.92. The van der Waals surface area contributed by atoms with Gasteiger partial charge in [0.2, 0.25) is 0 Å². The minimum absolute atomic E-state index is 0.147. The van der Waals surface area contributed by atoms with E-state index in [1.165, 1.54) is 49.6 Å². The highest BCUT2D eigenvalue weighted by atomic mass is 35.5. The predicted molar refractivity (Wildman–Crippen MR) is 150 cm³/mol. The molecule has 1 aliphatic rings. The Morgan fingerprint density at radius 3 is 2.32 bits per heavy atom. The van der Waals surface area contributed by atoms with Crippen LogP contribution in [0.25, 0.3) is 6.08 Å². The minimum Gasteiger partial charge on any atom is -0.490 e. The molecule has 1 aliphatic heterocycles. The van der Waals surface area contributed by atoms with Crippen LogP contribution in [0, 0.1) is 0 Å². The summed E-state index contributed by atoms with van der Waals surface area (Å²) in [5.74, 6) is -2.18. The van der Waals surface area contributed by atoms with Gasteiger partial charge in [-0.1, -0.05) is 17.7 Å². The number of nitrogens with one attached hydrogen (secondary N) is 2. The summed E-state index contributed by atoms with van der Waals surface area (Å²) in [5.41, 5.74) is 1.02. The molecule has 5 amide bonds. The standard InChI is InChI=1S/C29H24ClN3O8/c1-3-40-24-15-17(4-13-23(24)41-16-25(34)31-20-9-7-19(30)8-10-20)14-22-26(35)32-29(38)33(27(22)36)21-11-5-18(6-12-21)28(37)39-2/h4-15H,3,16H2,1-2H3,(H,31,34)(H,32,35,38)/b22-14+. The molecule has 210 valence electrons. The van der Waals surface area contributed by atoms with E-state index in [2.05, 4.69) is 15.4 Å². The molecule has 12 heteroatoms. The summed E-state index contributed by atoms with van der Waals surface area (Å²) in [5, 5.41) is 5.37. The third-order valence-electron chi connectivity index (χ3n) is 5.71. The van der Waals surface area contributed by atoms with Gasteiger partial charge in [-0.3, -0.25) is 19.7 Å². The van der Waals surface area contributed by atoms with Crippen molar-refractivity contribution in [3.8, 4) is 11.5 Å². The van der Waals surface area contributed by atoms with Crippen molar-refractivity contribution in [3.05, 3.63) is 88.5 Å². The lowest BCUT2D eigenvalue weighted by atomic mass is 10.1. The van der Waals surface area contributed by atoms with E-state index in [-0.39, 0.29) is 41.5 Å². The smallest absolute Gasteiger partial charge is 0.337 e. The van der Waals surface area contributed by atoms with Gasteiger partial charge in [-0.2, -0.15) is 0 Å². The SMILES string of the molecule is CCOc1cc(/C=C2\C(=O)NC(=O)N(c3ccc(C(=O)OC)cc3)C2=O)ccc1OCC(=O)Nc1ccc(Cl)cc1. The highest BCUT2D eigenvalue weighted by Gasteiger charge is 2.37. The van der Waals surface area contributed by atoms with Crippen molar-refractivity contribution in [1.29, 1.82) is 0 Å². The maximum Gasteiger partial charge on any atom is 0.337 e. The zero-order chi connectivity index (χ0) is 29.5. The average Bonchev–Trinajstić information content (AvgIpc) is 2.96. The Morgan fingerprint density at radius 2 is 1.66 bits per heavy atom. The van der Waals surface area contributed by atoms with Crippen LogP contribution in [0.5, 0.6) is 11.5 Å². The summed E-state index contributed by atoms with van der Waals surface area (Å²) < 4.78 is 15.9. The van der Waals surface area contributed by atoms with Crippen molar-refractivity contribution in [2.75, 3.05) is 30.5 Å². The van der Waals surface area contributed by atoms with E-state index in [0.29, 0.717) is 16.3 Å². The molecule has 41 heavy (non-hydrogen) atoms. The molecule has 1 fully saturated rings. The molecular formula is C29H24ClN3O8. The van der Waals surface area contributed by atoms with Gasteiger partial charge in [0.1, 0.15) is 5.57 Å². The normalized spacial score (nSPS) is 14.0. The van der Waals surface area contributed by atoms with E-state index in [1.807, 2.05) is 0 Å². The van der Waals surface area contributed by atoms with Crippen molar-refractivity contribution in [2.45, 2.75) is 6.92 Å². The molecule has 0 spiro atoms. The molecule has 1 heterocycles. The van der Waals surface area contributed by atoms with Crippen LogP contribution in [0.1, 0.15) is 22.8 Å². The van der Waals surface area contributed by atoms with Crippen molar-refractivity contribution in [2.24, 2.45) is 0 Å². The molecule has 0 unspecified atom stereocenters. The number of halogens is 1. The van der Waals surface area contributed by atoms with E-state index in [9.17, 15) is 24.0 Å². The zero-order valence-electron chi connectivity index (χ0n) is 21.9. The van der Waals surface area contributed by atoms with Crippen molar-refractivity contribution in [3.63, 3.8) is 0 Å². The first-order valence-electron chi connectivity index (χ1n) is 12.2. The van der Waals surface area contributed by atoms with Crippen molar-refractivity contribution >= 4 is 58.8 Å². The summed E-state index contributed by atoms with van der Waals surface area (Å²) in [4.78, 5) is 63.1. The fraction of sp³-hybridized carbons (Fsp3) is 0.138. The average molecular weight is 578 g/mol. The second-order valence-electron chi connectivity index (χ2n) is 8.48. The maximum absolute atomic E-state index is 13.2. The monoisotopic (exact) mass is 577 g/mol. The summed E-state index contributed by atoms with van der Waals surface area (Å²) >= 11 is 5.86. The Bertz CT molecular complexity index is 1530. The van der Waals surface area contributed by atoms with E-state index >= 15 is 0 Å². The Labute approximate surface area is 239 Å². The summed E-state index contributed by atoms with van der Waals surface area (Å²) in [6.07, 6.45) is 1.31. The number of imide groups is 2. The first-order chi connectivity index (χ1) is 19.7. The highest BCUT2D eigenvalue weighted by molar-refractivity contribution is 6.39. The van der Waals surface area contributed by atoms with Gasteiger partial charge in [-0.15, -0.1) is 0 Å². The lowest BCUT2D eigenvalue weighted by Crippen LogP contribution is -2.54. The number of benzene rings is 3. The lowest BCUT2D eigenvalue weighted by molar-refractivity contribution is -0.122. The Balaban J connectivity index is 1.52. The third-order valence-corrected chi connectivity index (χ3v) is 5.97. The molecule has 3 aromatic carbocycles. The molecule has 3 aromatic rings. The molecule has 0 atom stereocenters. The Morgan fingerprint density at radius 1 is 0.951 bits per heavy atom. The number of urea groups is 1. The van der Waals surface area contributed by atoms with Crippen molar-refractivity contribution in [1.82, 2.24) is 5.32 Å². The minimum atomic E-state index is -0.932. The van der Waals surface area contributed by atoms with Gasteiger partial charge in [0, 0.05) is 10.7 Å². The number of anilines is 2. The van der Waals surface area contributed by atoms with Crippen LogP contribution in [0.2, 0.25) is 5.02 Å². The number of carbonyl (C=O) groups excluding carboxylic acids is 5. The molecule has 0 aliphatic carbocycles. The molecule has 1 saturated heterocycles. The quantitative estimate of drug-likeness (QED) is 0.219. The fourth-order valence-electron chi connectivity index (χ4n) is 3.80. The number of hydrogen-bond donors (Lipinski definition) is 2. The van der Waals surface area contributed by atoms with E-state index in [1.54, 1.807) is 37.3 Å². The second-order valence-corrected chi connectivity index (χ2v) is 8.92. The molecular weight excluding hydrogens is 554 g/mol. The highest BCUT2D eigenvalue weighted by Crippen LogP contribution is 2.30. The summed E-state index contributed by atoms with van der Waals surface area (Å²) in [6, 6.07) is 15.9. The number of esters is 1. The molecule has 4 rings (SSSR count). The number of rotatable bonds is 9. The topological polar surface area (TPSA) is 140 Å². The third kappa shape index (κ3) is 6.89. The van der Waals surface area contributed by atoms with Crippen LogP contribution < -0.4 is 25.0 Å². The largest absolute Gasteiger partial charge is 0.490 e. The van der Waals surface area contributed by atoms with E-state index in [4.69, 9.17) is 21.1 Å². The van der Waals surface area contributed by atoms with Gasteiger partial charge in [0.25, 0.3) is 17.7 Å². The van der Waals surface area contributed by atoms with Gasteiger partial charge in [0.05, 0.1) is 25.0 Å². The molecule has 0 aromatic heterocycles. The zero-order valence-corrected chi connectivity index (χ0v) is 22.7. The van der Waals surface area contributed by atoms with Gasteiger partial charge in [0.15, 0.2) is 18.1 Å². The number of nitrogens with zero attached hydrogens (tertiary/aromatic N) is 1. The van der Waals surface area contributed by atoms with Crippen LogP contribution in [-0.4, -0.2) is 50.0 Å². The van der Waals surface area contributed by atoms with Crippen LogP contribution in [0.15, 0.2) is 72.3 Å². The first-order valence-corrected chi connectivity index (χ1v) is 12.6. The molecule has 0 radical (unpaired) electrons. The summed E-state index contributed by atoms with van der Waals surface area (Å²) in [6.45, 7) is 1.72. The number of amides is 5. The lowest BCUT2D eigenvalue weighted by Gasteiger charge is -2.26. The first kappa shape index (κ1) is 28.8. The maximum atomic E-state index is 13.2. The van der Waals surface area contributed by atoms with Crippen LogP contribution in [0.3, 0.4) is 0 Å². The molecule has 11 nitrogen and oxygen atoms in total.